The van der Waals surface area contributed by atoms with E-state index in [0.29, 0.717) is 17.3 Å². The highest BCUT2D eigenvalue weighted by molar-refractivity contribution is 7.91. The molecule has 1 aromatic heterocycles. The summed E-state index contributed by atoms with van der Waals surface area (Å²) in [5.74, 6) is 0.416. The van der Waals surface area contributed by atoms with Crippen LogP contribution in [0.3, 0.4) is 0 Å². The number of sulfonamides is 1. The topological polar surface area (TPSA) is 80.5 Å². The Hall–Kier alpha value is -0.990. The lowest BCUT2D eigenvalue weighted by atomic mass is 10.2. The van der Waals surface area contributed by atoms with Gasteiger partial charge in [0.25, 0.3) is 10.0 Å². The third kappa shape index (κ3) is 2.40. The Balaban J connectivity index is 2.26. The predicted octanol–water partition coefficient (Wildman–Crippen LogP) is 2.08. The smallest absolute Gasteiger partial charge is 0.258 e. The Labute approximate surface area is 109 Å². The second kappa shape index (κ2) is 4.60. The summed E-state index contributed by atoms with van der Waals surface area (Å²) in [6.07, 6.45) is 2.09. The molecule has 0 saturated heterocycles. The predicted molar refractivity (Wildman–Crippen MR) is 68.1 cm³/mol. The van der Waals surface area contributed by atoms with Gasteiger partial charge in [-0.3, -0.25) is 10.1 Å². The summed E-state index contributed by atoms with van der Waals surface area (Å²) in [7, 11) is -2.08. The van der Waals surface area contributed by atoms with Crippen LogP contribution in [0.25, 0.3) is 0 Å². The quantitative estimate of drug-likeness (QED) is 0.614. The molecule has 0 unspecified atom stereocenters. The SMILES string of the molecule is C[C@H](C1CC1)N(C)S(=O)(=O)c1ccc([N+](=O)[O-])s1. The molecule has 0 spiro atoms. The van der Waals surface area contributed by atoms with Crippen LogP contribution < -0.4 is 0 Å². The molecule has 1 aromatic rings. The van der Waals surface area contributed by atoms with Crippen LogP contribution in [0.4, 0.5) is 5.00 Å². The first kappa shape index (κ1) is 13.4. The van der Waals surface area contributed by atoms with Crippen molar-refractivity contribution in [3.63, 3.8) is 0 Å². The third-order valence-corrected chi connectivity index (χ3v) is 6.71. The van der Waals surface area contributed by atoms with E-state index in [2.05, 4.69) is 0 Å². The minimum atomic E-state index is -3.61. The van der Waals surface area contributed by atoms with Gasteiger partial charge < -0.3 is 0 Å². The standard InChI is InChI=1S/C10H14N2O4S2/c1-7(8-3-4-8)11(2)18(15,16)10-6-5-9(17-10)12(13)14/h5-8H,3-4H2,1-2H3/t7-/m1/s1. The zero-order chi connectivity index (χ0) is 13.5. The van der Waals surface area contributed by atoms with Crippen molar-refractivity contribution in [2.24, 2.45) is 5.92 Å². The maximum atomic E-state index is 12.3. The van der Waals surface area contributed by atoms with Gasteiger partial charge in [0.05, 0.1) is 4.92 Å². The lowest BCUT2D eigenvalue weighted by Gasteiger charge is -2.23. The van der Waals surface area contributed by atoms with Crippen molar-refractivity contribution in [1.82, 2.24) is 4.31 Å². The lowest BCUT2D eigenvalue weighted by Crippen LogP contribution is -2.36. The number of nitrogens with zero attached hydrogens (tertiary/aromatic N) is 2. The molecular weight excluding hydrogens is 276 g/mol. The lowest BCUT2D eigenvalue weighted by molar-refractivity contribution is -0.380. The van der Waals surface area contributed by atoms with Crippen LogP contribution >= 0.6 is 11.3 Å². The molecule has 0 bridgehead atoms. The van der Waals surface area contributed by atoms with Gasteiger partial charge in [-0.05, 0) is 43.1 Å². The van der Waals surface area contributed by atoms with E-state index in [9.17, 15) is 18.5 Å². The molecular formula is C10H14N2O4S2. The van der Waals surface area contributed by atoms with Crippen molar-refractivity contribution < 1.29 is 13.3 Å². The maximum absolute atomic E-state index is 12.3. The number of hydrogen-bond donors (Lipinski definition) is 0. The van der Waals surface area contributed by atoms with Gasteiger partial charge in [-0.15, -0.1) is 0 Å². The van der Waals surface area contributed by atoms with Crippen LogP contribution in [-0.2, 0) is 10.0 Å². The van der Waals surface area contributed by atoms with E-state index >= 15 is 0 Å². The highest BCUT2D eigenvalue weighted by Gasteiger charge is 2.37. The van der Waals surface area contributed by atoms with E-state index < -0.39 is 14.9 Å². The Morgan fingerprint density at radius 3 is 2.56 bits per heavy atom. The first-order valence-electron chi connectivity index (χ1n) is 5.56. The molecule has 8 heteroatoms. The van der Waals surface area contributed by atoms with Gasteiger partial charge in [-0.2, -0.15) is 4.31 Å². The van der Waals surface area contributed by atoms with Crippen LogP contribution in [-0.4, -0.2) is 30.7 Å². The summed E-state index contributed by atoms with van der Waals surface area (Å²) in [6.45, 7) is 1.87. The molecule has 2 rings (SSSR count). The molecule has 1 aliphatic carbocycles. The van der Waals surface area contributed by atoms with E-state index in [1.54, 1.807) is 0 Å². The molecule has 0 aromatic carbocycles. The van der Waals surface area contributed by atoms with E-state index in [-0.39, 0.29) is 15.3 Å². The van der Waals surface area contributed by atoms with Crippen molar-refractivity contribution in [1.29, 1.82) is 0 Å². The van der Waals surface area contributed by atoms with Crippen LogP contribution in [0, 0.1) is 16.0 Å². The third-order valence-electron chi connectivity index (χ3n) is 3.26. The van der Waals surface area contributed by atoms with Crippen molar-refractivity contribution in [3.8, 4) is 0 Å². The molecule has 0 N–H and O–H groups in total. The first-order valence-corrected chi connectivity index (χ1v) is 7.82. The number of hydrogen-bond acceptors (Lipinski definition) is 5. The van der Waals surface area contributed by atoms with Crippen LogP contribution in [0.2, 0.25) is 0 Å². The Morgan fingerprint density at radius 2 is 2.11 bits per heavy atom. The summed E-state index contributed by atoms with van der Waals surface area (Å²) >= 11 is 0.697. The Kier molecular flexibility index (Phi) is 3.43. The second-order valence-corrected chi connectivity index (χ2v) is 7.74. The van der Waals surface area contributed by atoms with Crippen molar-refractivity contribution in [2.75, 3.05) is 7.05 Å². The molecule has 1 heterocycles. The van der Waals surface area contributed by atoms with Crippen LogP contribution in [0.1, 0.15) is 19.8 Å². The minimum absolute atomic E-state index is 0.0317. The number of nitro groups is 1. The van der Waals surface area contributed by atoms with Gasteiger partial charge in [-0.25, -0.2) is 8.42 Å². The molecule has 18 heavy (non-hydrogen) atoms. The van der Waals surface area contributed by atoms with Gasteiger partial charge in [-0.1, -0.05) is 0 Å². The van der Waals surface area contributed by atoms with E-state index in [4.69, 9.17) is 0 Å². The number of rotatable bonds is 5. The highest BCUT2D eigenvalue weighted by Crippen LogP contribution is 2.37. The largest absolute Gasteiger partial charge is 0.325 e. The second-order valence-electron chi connectivity index (χ2n) is 4.45. The van der Waals surface area contributed by atoms with Gasteiger partial charge in [0.15, 0.2) is 0 Å². The molecule has 1 saturated carbocycles. The molecule has 1 fully saturated rings. The van der Waals surface area contributed by atoms with E-state index in [0.717, 1.165) is 12.8 Å². The minimum Gasteiger partial charge on any atom is -0.258 e. The summed E-state index contributed by atoms with van der Waals surface area (Å²) in [5.41, 5.74) is 0. The molecule has 1 aliphatic rings. The molecule has 1 atom stereocenters. The number of thiophene rings is 1. The molecule has 0 radical (unpaired) electrons. The maximum Gasteiger partial charge on any atom is 0.325 e. The molecule has 6 nitrogen and oxygen atoms in total. The van der Waals surface area contributed by atoms with Gasteiger partial charge in [0.2, 0.25) is 0 Å². The Bertz CT molecular complexity index is 562. The van der Waals surface area contributed by atoms with E-state index in [1.165, 1.54) is 23.5 Å². The summed E-state index contributed by atoms with van der Waals surface area (Å²) in [4.78, 5) is 10.00. The zero-order valence-corrected chi connectivity index (χ0v) is 11.7. The average molecular weight is 290 g/mol. The fourth-order valence-electron chi connectivity index (χ4n) is 1.78. The fourth-order valence-corrected chi connectivity index (χ4v) is 4.50. The van der Waals surface area contributed by atoms with Crippen molar-refractivity contribution >= 4 is 26.4 Å². The van der Waals surface area contributed by atoms with Crippen LogP contribution in [0.5, 0.6) is 0 Å². The Morgan fingerprint density at radius 1 is 1.50 bits per heavy atom. The van der Waals surface area contributed by atoms with Crippen molar-refractivity contribution in [2.45, 2.75) is 30.0 Å². The van der Waals surface area contributed by atoms with Crippen LogP contribution in [0.15, 0.2) is 16.3 Å². The first-order chi connectivity index (χ1) is 8.34. The monoisotopic (exact) mass is 290 g/mol. The van der Waals surface area contributed by atoms with Crippen molar-refractivity contribution in [3.05, 3.63) is 22.2 Å². The molecule has 100 valence electrons. The van der Waals surface area contributed by atoms with Gasteiger partial charge in [0.1, 0.15) is 4.21 Å². The highest BCUT2D eigenvalue weighted by atomic mass is 32.2. The summed E-state index contributed by atoms with van der Waals surface area (Å²) < 4.78 is 25.9. The molecule has 0 amide bonds. The summed E-state index contributed by atoms with van der Waals surface area (Å²) in [5, 5.41) is 10.4. The fraction of sp³-hybridized carbons (Fsp3) is 0.600. The zero-order valence-electron chi connectivity index (χ0n) is 10.1. The van der Waals surface area contributed by atoms with Gasteiger partial charge in [0, 0.05) is 19.2 Å². The van der Waals surface area contributed by atoms with Gasteiger partial charge >= 0.3 is 5.00 Å². The normalized spacial score (nSPS) is 17.9. The summed E-state index contributed by atoms with van der Waals surface area (Å²) in [6, 6.07) is 2.47. The van der Waals surface area contributed by atoms with E-state index in [1.807, 2.05) is 6.92 Å². The average Bonchev–Trinajstić information content (AvgIpc) is 3.02. The molecule has 0 aliphatic heterocycles.